The molecular formula is C13H10BrNO4. The molecule has 0 radical (unpaired) electrons. The lowest BCUT2D eigenvalue weighted by atomic mass is 10.1. The number of halogens is 1. The first-order valence-corrected chi connectivity index (χ1v) is 6.17. The third kappa shape index (κ3) is 3.03. The molecule has 0 fully saturated rings. The largest absolute Gasteiger partial charge is 0.478 e. The Morgan fingerprint density at radius 1 is 1.26 bits per heavy atom. The second-order valence-corrected chi connectivity index (χ2v) is 4.67. The molecule has 0 atom stereocenters. The van der Waals surface area contributed by atoms with Crippen LogP contribution in [0.1, 0.15) is 26.5 Å². The van der Waals surface area contributed by atoms with Crippen LogP contribution in [0, 0.1) is 6.92 Å². The Labute approximate surface area is 117 Å². The Morgan fingerprint density at radius 3 is 2.53 bits per heavy atom. The van der Waals surface area contributed by atoms with Crippen molar-refractivity contribution in [3.63, 3.8) is 0 Å². The van der Waals surface area contributed by atoms with Crippen molar-refractivity contribution in [2.75, 3.05) is 5.32 Å². The molecule has 0 bridgehead atoms. The first kappa shape index (κ1) is 13.4. The maximum Gasteiger partial charge on any atom is 0.335 e. The first-order chi connectivity index (χ1) is 8.97. The summed E-state index contributed by atoms with van der Waals surface area (Å²) in [5, 5.41) is 11.5. The summed E-state index contributed by atoms with van der Waals surface area (Å²) >= 11 is 3.11. The van der Waals surface area contributed by atoms with Crippen LogP contribution in [0.5, 0.6) is 0 Å². The van der Waals surface area contributed by atoms with Crippen molar-refractivity contribution in [2.45, 2.75) is 6.92 Å². The molecule has 0 spiro atoms. The fourth-order valence-corrected chi connectivity index (χ4v) is 1.92. The van der Waals surface area contributed by atoms with Crippen LogP contribution >= 0.6 is 15.9 Å². The number of hydrogen-bond donors (Lipinski definition) is 2. The summed E-state index contributed by atoms with van der Waals surface area (Å²) in [4.78, 5) is 22.7. The molecule has 0 aliphatic heterocycles. The number of carboxylic acid groups (broad SMARTS) is 1. The second-order valence-electron chi connectivity index (χ2n) is 3.89. The number of carbonyl (C=O) groups is 2. The molecule has 0 aliphatic carbocycles. The van der Waals surface area contributed by atoms with E-state index in [1.165, 1.54) is 18.2 Å². The van der Waals surface area contributed by atoms with E-state index in [0.717, 1.165) is 0 Å². The quantitative estimate of drug-likeness (QED) is 0.908. The Kier molecular flexibility index (Phi) is 3.71. The van der Waals surface area contributed by atoms with Gasteiger partial charge < -0.3 is 14.8 Å². The Bertz CT molecular complexity index is 648. The second kappa shape index (κ2) is 5.27. The van der Waals surface area contributed by atoms with Gasteiger partial charge in [-0.05, 0) is 58.7 Å². The minimum atomic E-state index is -0.995. The van der Waals surface area contributed by atoms with Gasteiger partial charge in [-0.25, -0.2) is 4.79 Å². The van der Waals surface area contributed by atoms with Crippen LogP contribution in [-0.4, -0.2) is 17.0 Å². The molecule has 19 heavy (non-hydrogen) atoms. The highest BCUT2D eigenvalue weighted by Crippen LogP contribution is 2.18. The van der Waals surface area contributed by atoms with Gasteiger partial charge in [0.25, 0.3) is 5.91 Å². The lowest BCUT2D eigenvalue weighted by molar-refractivity contribution is 0.0696. The van der Waals surface area contributed by atoms with Gasteiger partial charge in [-0.2, -0.15) is 0 Å². The molecule has 98 valence electrons. The minimum absolute atomic E-state index is 0.173. The van der Waals surface area contributed by atoms with Crippen LogP contribution in [0.3, 0.4) is 0 Å². The minimum Gasteiger partial charge on any atom is -0.478 e. The fraction of sp³-hybridized carbons (Fsp3) is 0.0769. The van der Waals surface area contributed by atoms with E-state index in [-0.39, 0.29) is 11.3 Å². The number of benzene rings is 1. The highest BCUT2D eigenvalue weighted by Gasteiger charge is 2.12. The van der Waals surface area contributed by atoms with Gasteiger partial charge in [0.1, 0.15) is 0 Å². The number of hydrogen-bond acceptors (Lipinski definition) is 3. The summed E-state index contributed by atoms with van der Waals surface area (Å²) < 4.78 is 5.59. The standard InChI is InChI=1S/C13H10BrNO4/c1-7-6-8(2-3-9(7)13(17)18)15-12(16)10-4-5-11(14)19-10/h2-6H,1H3,(H,15,16)(H,17,18). The summed E-state index contributed by atoms with van der Waals surface area (Å²) in [5.41, 5.74) is 1.30. The topological polar surface area (TPSA) is 79.5 Å². The molecule has 0 unspecified atom stereocenters. The summed E-state index contributed by atoms with van der Waals surface area (Å²) in [6.45, 7) is 1.67. The van der Waals surface area contributed by atoms with Crippen LogP contribution in [0.4, 0.5) is 5.69 Å². The molecule has 6 heteroatoms. The van der Waals surface area contributed by atoms with Crippen LogP contribution in [-0.2, 0) is 0 Å². The molecule has 5 nitrogen and oxygen atoms in total. The number of aromatic carboxylic acids is 1. The summed E-state index contributed by atoms with van der Waals surface area (Å²) in [7, 11) is 0. The monoisotopic (exact) mass is 323 g/mol. The van der Waals surface area contributed by atoms with Crippen molar-refractivity contribution < 1.29 is 19.1 Å². The van der Waals surface area contributed by atoms with Crippen molar-refractivity contribution >= 4 is 33.5 Å². The predicted octanol–water partition coefficient (Wildman–Crippen LogP) is 3.30. The first-order valence-electron chi connectivity index (χ1n) is 5.38. The van der Waals surface area contributed by atoms with E-state index in [9.17, 15) is 9.59 Å². The normalized spacial score (nSPS) is 10.2. The highest BCUT2D eigenvalue weighted by molar-refractivity contribution is 9.10. The third-order valence-electron chi connectivity index (χ3n) is 2.51. The summed E-state index contributed by atoms with van der Waals surface area (Å²) in [6, 6.07) is 7.74. The number of furan rings is 1. The average Bonchev–Trinajstić information content (AvgIpc) is 2.75. The van der Waals surface area contributed by atoms with Crippen LogP contribution in [0.2, 0.25) is 0 Å². The maximum atomic E-state index is 11.8. The van der Waals surface area contributed by atoms with Crippen molar-refractivity contribution in [3.05, 3.63) is 51.9 Å². The van der Waals surface area contributed by atoms with Crippen molar-refractivity contribution in [2.24, 2.45) is 0 Å². The Morgan fingerprint density at radius 2 is 2.00 bits per heavy atom. The van der Waals surface area contributed by atoms with E-state index in [1.807, 2.05) is 0 Å². The number of nitrogens with one attached hydrogen (secondary N) is 1. The smallest absolute Gasteiger partial charge is 0.335 e. The van der Waals surface area contributed by atoms with Gasteiger partial charge >= 0.3 is 5.97 Å². The maximum absolute atomic E-state index is 11.8. The van der Waals surface area contributed by atoms with Gasteiger partial charge in [-0.15, -0.1) is 0 Å². The molecule has 2 N–H and O–H groups in total. The van der Waals surface area contributed by atoms with Crippen LogP contribution in [0.15, 0.2) is 39.4 Å². The summed E-state index contributed by atoms with van der Waals surface area (Å²) in [5.74, 6) is -1.22. The molecular weight excluding hydrogens is 314 g/mol. The number of amides is 1. The molecule has 1 aromatic heterocycles. The SMILES string of the molecule is Cc1cc(NC(=O)c2ccc(Br)o2)ccc1C(=O)O. The molecule has 1 heterocycles. The number of rotatable bonds is 3. The lowest BCUT2D eigenvalue weighted by Gasteiger charge is -2.06. The number of carboxylic acids is 1. The zero-order valence-electron chi connectivity index (χ0n) is 9.94. The van der Waals surface area contributed by atoms with Gasteiger partial charge in [-0.1, -0.05) is 0 Å². The highest BCUT2D eigenvalue weighted by atomic mass is 79.9. The average molecular weight is 324 g/mol. The van der Waals surface area contributed by atoms with Crippen LogP contribution in [0.25, 0.3) is 0 Å². The predicted molar refractivity (Wildman–Crippen MR) is 72.5 cm³/mol. The Balaban J connectivity index is 2.18. The molecule has 0 aliphatic rings. The number of anilines is 1. The molecule has 1 aromatic carbocycles. The van der Waals surface area contributed by atoms with E-state index in [2.05, 4.69) is 21.2 Å². The molecule has 0 saturated carbocycles. The summed E-state index contributed by atoms with van der Waals surface area (Å²) in [6.07, 6.45) is 0. The van der Waals surface area contributed by atoms with Crippen LogP contribution < -0.4 is 5.32 Å². The van der Waals surface area contributed by atoms with E-state index < -0.39 is 11.9 Å². The number of carbonyl (C=O) groups excluding carboxylic acids is 1. The van der Waals surface area contributed by atoms with Crippen molar-refractivity contribution in [1.82, 2.24) is 0 Å². The molecule has 2 rings (SSSR count). The van der Waals surface area contributed by atoms with Crippen molar-refractivity contribution in [3.8, 4) is 0 Å². The lowest BCUT2D eigenvalue weighted by Crippen LogP contribution is -2.11. The number of aryl methyl sites for hydroxylation is 1. The van der Waals surface area contributed by atoms with E-state index in [1.54, 1.807) is 19.1 Å². The zero-order chi connectivity index (χ0) is 14.0. The zero-order valence-corrected chi connectivity index (χ0v) is 11.5. The van der Waals surface area contributed by atoms with Gasteiger partial charge in [-0.3, -0.25) is 4.79 Å². The van der Waals surface area contributed by atoms with Gasteiger partial charge in [0.2, 0.25) is 0 Å². The van der Waals surface area contributed by atoms with Gasteiger partial charge in [0, 0.05) is 5.69 Å². The molecule has 2 aromatic rings. The molecule has 0 saturated heterocycles. The Hall–Kier alpha value is -2.08. The van der Waals surface area contributed by atoms with Gasteiger partial charge in [0.15, 0.2) is 10.4 Å². The van der Waals surface area contributed by atoms with E-state index in [0.29, 0.717) is 15.9 Å². The van der Waals surface area contributed by atoms with E-state index in [4.69, 9.17) is 9.52 Å². The van der Waals surface area contributed by atoms with Gasteiger partial charge in [0.05, 0.1) is 5.56 Å². The van der Waals surface area contributed by atoms with E-state index >= 15 is 0 Å². The van der Waals surface area contributed by atoms with Crippen molar-refractivity contribution in [1.29, 1.82) is 0 Å². The third-order valence-corrected chi connectivity index (χ3v) is 2.94. The fourth-order valence-electron chi connectivity index (χ4n) is 1.61. The molecule has 1 amide bonds.